The Morgan fingerprint density at radius 1 is 1.37 bits per heavy atom. The number of hydrogen-bond donors (Lipinski definition) is 1. The van der Waals surface area contributed by atoms with Crippen LogP contribution in [0.1, 0.15) is 30.4 Å². The first-order chi connectivity index (χ1) is 9.04. The predicted octanol–water partition coefficient (Wildman–Crippen LogP) is 1.81. The van der Waals surface area contributed by atoms with Crippen LogP contribution < -0.4 is 5.73 Å². The van der Waals surface area contributed by atoms with Crippen LogP contribution >= 0.6 is 11.3 Å². The molecule has 0 saturated carbocycles. The molecular formula is C13H21N5S. The van der Waals surface area contributed by atoms with E-state index < -0.39 is 0 Å². The summed E-state index contributed by atoms with van der Waals surface area (Å²) < 4.78 is 1.96. The van der Waals surface area contributed by atoms with Crippen molar-refractivity contribution in [3.63, 3.8) is 0 Å². The topological polar surface area (TPSA) is 69.6 Å². The van der Waals surface area contributed by atoms with Crippen LogP contribution in [0.15, 0.2) is 11.7 Å². The smallest absolute Gasteiger partial charge is 0.138 e. The van der Waals surface area contributed by atoms with Gasteiger partial charge in [-0.2, -0.15) is 5.10 Å². The molecule has 2 aromatic rings. The lowest BCUT2D eigenvalue weighted by atomic mass is 10.1. The fourth-order valence-corrected chi connectivity index (χ4v) is 2.65. The molecule has 1 atom stereocenters. The summed E-state index contributed by atoms with van der Waals surface area (Å²) in [6.07, 6.45) is 3.14. The van der Waals surface area contributed by atoms with Crippen molar-refractivity contribution < 1.29 is 0 Å². The Hall–Kier alpha value is -1.27. The Kier molecular flexibility index (Phi) is 4.66. The standard InChI is InChI=1S/C13H21N5S/c1-9(2)6-18-13(15-8-16-18)5-11(14)4-12-7-19-10(3)17-12/h7-9,11H,4-6,14H2,1-3H3. The summed E-state index contributed by atoms with van der Waals surface area (Å²) in [6.45, 7) is 7.24. The van der Waals surface area contributed by atoms with Gasteiger partial charge in [-0.15, -0.1) is 11.3 Å². The van der Waals surface area contributed by atoms with Gasteiger partial charge in [0.25, 0.3) is 0 Å². The van der Waals surface area contributed by atoms with E-state index in [0.717, 1.165) is 35.9 Å². The fraction of sp³-hybridized carbons (Fsp3) is 0.615. The van der Waals surface area contributed by atoms with Gasteiger partial charge in [-0.1, -0.05) is 13.8 Å². The minimum atomic E-state index is 0.0385. The lowest BCUT2D eigenvalue weighted by molar-refractivity contribution is 0.457. The Bertz CT molecular complexity index is 517. The van der Waals surface area contributed by atoms with Gasteiger partial charge in [0.05, 0.1) is 10.7 Å². The molecule has 6 heteroatoms. The molecule has 2 rings (SSSR count). The maximum Gasteiger partial charge on any atom is 0.138 e. The molecule has 0 aliphatic carbocycles. The molecule has 0 bridgehead atoms. The molecule has 19 heavy (non-hydrogen) atoms. The summed E-state index contributed by atoms with van der Waals surface area (Å²) in [7, 11) is 0. The molecule has 0 aromatic carbocycles. The second kappa shape index (κ2) is 6.25. The van der Waals surface area contributed by atoms with Gasteiger partial charge in [-0.25, -0.2) is 14.6 Å². The van der Waals surface area contributed by atoms with Gasteiger partial charge in [-0.05, 0) is 12.8 Å². The van der Waals surface area contributed by atoms with E-state index in [0.29, 0.717) is 5.92 Å². The minimum absolute atomic E-state index is 0.0385. The number of thiazole rings is 1. The first-order valence-electron chi connectivity index (χ1n) is 6.58. The molecule has 0 saturated heterocycles. The predicted molar refractivity (Wildman–Crippen MR) is 77.1 cm³/mol. The van der Waals surface area contributed by atoms with E-state index in [-0.39, 0.29) is 6.04 Å². The van der Waals surface area contributed by atoms with Crippen molar-refractivity contribution in [3.8, 4) is 0 Å². The van der Waals surface area contributed by atoms with Crippen LogP contribution in [-0.2, 0) is 19.4 Å². The molecule has 1 unspecified atom stereocenters. The van der Waals surface area contributed by atoms with Crippen LogP contribution in [0, 0.1) is 12.8 Å². The summed E-state index contributed by atoms with van der Waals surface area (Å²) >= 11 is 1.67. The van der Waals surface area contributed by atoms with Gasteiger partial charge in [0.2, 0.25) is 0 Å². The normalized spacial score (nSPS) is 13.1. The molecule has 2 N–H and O–H groups in total. The van der Waals surface area contributed by atoms with E-state index in [2.05, 4.69) is 34.3 Å². The summed E-state index contributed by atoms with van der Waals surface area (Å²) in [6, 6.07) is 0.0385. The van der Waals surface area contributed by atoms with Crippen LogP contribution in [0.4, 0.5) is 0 Å². The van der Waals surface area contributed by atoms with Gasteiger partial charge in [0, 0.05) is 30.8 Å². The SMILES string of the molecule is Cc1nc(CC(N)Cc2ncnn2CC(C)C)cs1. The third-order valence-corrected chi connectivity index (χ3v) is 3.64. The minimum Gasteiger partial charge on any atom is -0.327 e. The number of hydrogen-bond acceptors (Lipinski definition) is 5. The Morgan fingerprint density at radius 3 is 2.79 bits per heavy atom. The van der Waals surface area contributed by atoms with E-state index in [1.807, 2.05) is 11.6 Å². The van der Waals surface area contributed by atoms with E-state index in [4.69, 9.17) is 5.73 Å². The lowest BCUT2D eigenvalue weighted by Gasteiger charge is -2.12. The molecule has 0 amide bonds. The van der Waals surface area contributed by atoms with Gasteiger partial charge in [0.15, 0.2) is 0 Å². The van der Waals surface area contributed by atoms with E-state index in [1.54, 1.807) is 17.7 Å². The van der Waals surface area contributed by atoms with E-state index in [9.17, 15) is 0 Å². The third-order valence-electron chi connectivity index (χ3n) is 2.82. The first-order valence-corrected chi connectivity index (χ1v) is 7.46. The number of nitrogens with zero attached hydrogens (tertiary/aromatic N) is 4. The van der Waals surface area contributed by atoms with Crippen molar-refractivity contribution in [1.82, 2.24) is 19.7 Å². The lowest BCUT2D eigenvalue weighted by Crippen LogP contribution is -2.28. The van der Waals surface area contributed by atoms with Gasteiger partial charge >= 0.3 is 0 Å². The monoisotopic (exact) mass is 279 g/mol. The van der Waals surface area contributed by atoms with Crippen LogP contribution in [0.5, 0.6) is 0 Å². The molecule has 0 spiro atoms. The largest absolute Gasteiger partial charge is 0.327 e. The molecule has 104 valence electrons. The van der Waals surface area contributed by atoms with Crippen LogP contribution in [0.3, 0.4) is 0 Å². The highest BCUT2D eigenvalue weighted by Crippen LogP contribution is 2.11. The van der Waals surface area contributed by atoms with Crippen LogP contribution in [-0.4, -0.2) is 25.8 Å². The zero-order valence-corrected chi connectivity index (χ0v) is 12.5. The molecule has 0 radical (unpaired) electrons. The second-order valence-electron chi connectivity index (χ2n) is 5.28. The average Bonchev–Trinajstić information content (AvgIpc) is 2.88. The summed E-state index contributed by atoms with van der Waals surface area (Å²) in [5, 5.41) is 7.42. The van der Waals surface area contributed by atoms with Crippen molar-refractivity contribution in [2.24, 2.45) is 11.7 Å². The van der Waals surface area contributed by atoms with Crippen LogP contribution in [0.25, 0.3) is 0 Å². The highest BCUT2D eigenvalue weighted by molar-refractivity contribution is 7.09. The van der Waals surface area contributed by atoms with Crippen molar-refractivity contribution in [1.29, 1.82) is 0 Å². The Balaban J connectivity index is 1.95. The summed E-state index contributed by atoms with van der Waals surface area (Å²) in [4.78, 5) is 8.76. The summed E-state index contributed by atoms with van der Waals surface area (Å²) in [5.74, 6) is 1.52. The Morgan fingerprint density at radius 2 is 2.16 bits per heavy atom. The van der Waals surface area contributed by atoms with Crippen molar-refractivity contribution >= 4 is 11.3 Å². The molecular weight excluding hydrogens is 258 g/mol. The molecule has 0 aliphatic rings. The maximum atomic E-state index is 6.19. The molecule has 2 heterocycles. The second-order valence-corrected chi connectivity index (χ2v) is 6.34. The number of rotatable bonds is 6. The zero-order valence-electron chi connectivity index (χ0n) is 11.7. The van der Waals surface area contributed by atoms with Crippen molar-refractivity contribution in [3.05, 3.63) is 28.2 Å². The Labute approximate surface area is 117 Å². The fourth-order valence-electron chi connectivity index (χ4n) is 2.02. The zero-order chi connectivity index (χ0) is 13.8. The van der Waals surface area contributed by atoms with E-state index in [1.165, 1.54) is 0 Å². The molecule has 0 fully saturated rings. The molecule has 5 nitrogen and oxygen atoms in total. The summed E-state index contributed by atoms with van der Waals surface area (Å²) in [5.41, 5.74) is 7.26. The maximum absolute atomic E-state index is 6.19. The van der Waals surface area contributed by atoms with Gasteiger partial charge in [-0.3, -0.25) is 0 Å². The quantitative estimate of drug-likeness (QED) is 0.875. The van der Waals surface area contributed by atoms with Crippen LogP contribution in [0.2, 0.25) is 0 Å². The van der Waals surface area contributed by atoms with E-state index >= 15 is 0 Å². The first kappa shape index (κ1) is 14.1. The molecule has 2 aromatic heterocycles. The highest BCUT2D eigenvalue weighted by atomic mass is 32.1. The van der Waals surface area contributed by atoms with Crippen molar-refractivity contribution in [2.45, 2.75) is 46.2 Å². The van der Waals surface area contributed by atoms with Crippen molar-refractivity contribution in [2.75, 3.05) is 0 Å². The third kappa shape index (κ3) is 4.11. The highest BCUT2D eigenvalue weighted by Gasteiger charge is 2.13. The number of aryl methyl sites for hydroxylation is 1. The van der Waals surface area contributed by atoms with Gasteiger partial charge < -0.3 is 5.73 Å². The number of nitrogens with two attached hydrogens (primary N) is 1. The van der Waals surface area contributed by atoms with Gasteiger partial charge in [0.1, 0.15) is 12.2 Å². The molecule has 0 aliphatic heterocycles. The number of aromatic nitrogens is 4. The average molecular weight is 279 g/mol.